The predicted molar refractivity (Wildman–Crippen MR) is 82.0 cm³/mol. The van der Waals surface area contributed by atoms with Crippen LogP contribution in [0.15, 0.2) is 35.5 Å². The van der Waals surface area contributed by atoms with E-state index in [0.29, 0.717) is 23.0 Å². The average Bonchev–Trinajstić information content (AvgIpc) is 2.55. The first-order valence-corrected chi connectivity index (χ1v) is 6.94. The van der Waals surface area contributed by atoms with E-state index >= 15 is 0 Å². The van der Waals surface area contributed by atoms with Gasteiger partial charge in [-0.05, 0) is 37.3 Å². The van der Waals surface area contributed by atoms with E-state index < -0.39 is 0 Å². The average molecular weight is 288 g/mol. The minimum atomic E-state index is -0.283. The van der Waals surface area contributed by atoms with Gasteiger partial charge in [0.25, 0.3) is 5.91 Å². The number of carbonyl (C=O) groups excluding carboxylic acids is 1. The Kier molecular flexibility index (Phi) is 5.37. The van der Waals surface area contributed by atoms with Crippen molar-refractivity contribution in [3.8, 4) is 11.5 Å². The Hall–Kier alpha value is -2.30. The molecule has 1 aliphatic rings. The topological polar surface area (TPSA) is 59.9 Å². The van der Waals surface area contributed by atoms with Gasteiger partial charge in [0.05, 0.1) is 14.2 Å². The summed E-state index contributed by atoms with van der Waals surface area (Å²) in [4.78, 5) is 12.1. The molecule has 1 atom stereocenters. The zero-order valence-electron chi connectivity index (χ0n) is 12.3. The summed E-state index contributed by atoms with van der Waals surface area (Å²) in [5, 5.41) is 4.04. The molecule has 0 saturated heterocycles. The first-order chi connectivity index (χ1) is 10.2. The second-order valence-corrected chi connectivity index (χ2v) is 4.86. The number of hydrogen-bond donors (Lipinski definition) is 1. The van der Waals surface area contributed by atoms with Crippen molar-refractivity contribution in [2.24, 2.45) is 11.0 Å². The maximum atomic E-state index is 12.1. The Balaban J connectivity index is 1.99. The molecule has 21 heavy (non-hydrogen) atoms. The van der Waals surface area contributed by atoms with Gasteiger partial charge in [-0.15, -0.1) is 0 Å². The Morgan fingerprint density at radius 3 is 2.52 bits per heavy atom. The lowest BCUT2D eigenvalue weighted by atomic mass is 9.96. The highest BCUT2D eigenvalue weighted by Gasteiger charge is 2.10. The summed E-state index contributed by atoms with van der Waals surface area (Å²) in [6.07, 6.45) is 9.24. The van der Waals surface area contributed by atoms with Gasteiger partial charge in [-0.1, -0.05) is 12.2 Å². The van der Waals surface area contributed by atoms with Gasteiger partial charge in [-0.3, -0.25) is 4.79 Å². The highest BCUT2D eigenvalue weighted by molar-refractivity contribution is 5.95. The minimum absolute atomic E-state index is 0.283. The van der Waals surface area contributed by atoms with E-state index in [1.54, 1.807) is 38.6 Å². The largest absolute Gasteiger partial charge is 0.497 e. The highest BCUT2D eigenvalue weighted by atomic mass is 16.5. The zero-order valence-corrected chi connectivity index (χ0v) is 12.3. The molecular formula is C16H20N2O3. The molecule has 1 aliphatic carbocycles. The van der Waals surface area contributed by atoms with Crippen molar-refractivity contribution >= 4 is 12.1 Å². The van der Waals surface area contributed by atoms with Gasteiger partial charge in [0.2, 0.25) is 0 Å². The minimum Gasteiger partial charge on any atom is -0.497 e. The Morgan fingerprint density at radius 1 is 1.24 bits per heavy atom. The van der Waals surface area contributed by atoms with Crippen LogP contribution in [-0.2, 0) is 0 Å². The van der Waals surface area contributed by atoms with Gasteiger partial charge in [0.1, 0.15) is 11.5 Å². The molecule has 0 fully saturated rings. The molecule has 0 saturated carbocycles. The number of ether oxygens (including phenoxy) is 2. The van der Waals surface area contributed by atoms with Crippen LogP contribution in [0, 0.1) is 5.92 Å². The SMILES string of the molecule is COc1cc(OC)cc(C(=O)N/N=C\[C@@H]2CC=CCC2)c1. The van der Waals surface area contributed by atoms with Gasteiger partial charge >= 0.3 is 0 Å². The van der Waals surface area contributed by atoms with E-state index in [4.69, 9.17) is 9.47 Å². The quantitative estimate of drug-likeness (QED) is 0.515. The summed E-state index contributed by atoms with van der Waals surface area (Å²) in [5.41, 5.74) is 3.00. The normalized spacial score (nSPS) is 17.7. The lowest BCUT2D eigenvalue weighted by molar-refractivity contribution is 0.0954. The van der Waals surface area contributed by atoms with E-state index in [2.05, 4.69) is 22.7 Å². The number of amides is 1. The Bertz CT molecular complexity index is 530. The van der Waals surface area contributed by atoms with Crippen molar-refractivity contribution in [3.63, 3.8) is 0 Å². The number of carbonyl (C=O) groups is 1. The molecule has 0 spiro atoms. The van der Waals surface area contributed by atoms with Crippen LogP contribution in [-0.4, -0.2) is 26.3 Å². The molecule has 2 rings (SSSR count). The van der Waals surface area contributed by atoms with Crippen LogP contribution in [0.3, 0.4) is 0 Å². The zero-order chi connectivity index (χ0) is 15.1. The summed E-state index contributed by atoms with van der Waals surface area (Å²) in [6.45, 7) is 0. The number of nitrogens with one attached hydrogen (secondary N) is 1. The standard InChI is InChI=1S/C16H20N2O3/c1-20-14-8-13(9-15(10-14)21-2)16(19)18-17-11-12-6-4-3-5-7-12/h3-4,8-12H,5-7H2,1-2H3,(H,18,19)/b17-11-/t12-/m1/s1. The van der Waals surface area contributed by atoms with Gasteiger partial charge < -0.3 is 9.47 Å². The van der Waals surface area contributed by atoms with E-state index in [9.17, 15) is 4.79 Å². The van der Waals surface area contributed by atoms with Crippen LogP contribution in [0.4, 0.5) is 0 Å². The molecule has 0 unspecified atom stereocenters. The number of rotatable bonds is 5. The lowest BCUT2D eigenvalue weighted by Gasteiger charge is -2.12. The van der Waals surface area contributed by atoms with Crippen molar-refractivity contribution in [3.05, 3.63) is 35.9 Å². The molecule has 1 N–H and O–H groups in total. The Morgan fingerprint density at radius 2 is 1.95 bits per heavy atom. The summed E-state index contributed by atoms with van der Waals surface area (Å²) in [6, 6.07) is 5.02. The van der Waals surface area contributed by atoms with Crippen LogP contribution in [0.5, 0.6) is 11.5 Å². The highest BCUT2D eigenvalue weighted by Crippen LogP contribution is 2.22. The van der Waals surface area contributed by atoms with Crippen molar-refractivity contribution in [2.45, 2.75) is 19.3 Å². The van der Waals surface area contributed by atoms with E-state index in [1.165, 1.54) is 0 Å². The molecule has 0 aliphatic heterocycles. The summed E-state index contributed by atoms with van der Waals surface area (Å²) >= 11 is 0. The van der Waals surface area contributed by atoms with E-state index in [1.807, 2.05) is 0 Å². The summed E-state index contributed by atoms with van der Waals surface area (Å²) < 4.78 is 10.3. The monoisotopic (exact) mass is 288 g/mol. The third-order valence-corrected chi connectivity index (χ3v) is 3.37. The fourth-order valence-corrected chi connectivity index (χ4v) is 2.16. The molecule has 0 heterocycles. The molecule has 112 valence electrons. The Labute approximate surface area is 124 Å². The van der Waals surface area contributed by atoms with E-state index in [-0.39, 0.29) is 5.91 Å². The molecule has 0 aromatic heterocycles. The molecule has 1 aromatic carbocycles. The van der Waals surface area contributed by atoms with Gasteiger partial charge in [-0.25, -0.2) is 5.43 Å². The summed E-state index contributed by atoms with van der Waals surface area (Å²) in [7, 11) is 3.09. The third kappa shape index (κ3) is 4.34. The molecule has 5 nitrogen and oxygen atoms in total. The van der Waals surface area contributed by atoms with Gasteiger partial charge in [0.15, 0.2) is 0 Å². The maximum absolute atomic E-state index is 12.1. The van der Waals surface area contributed by atoms with Crippen LogP contribution >= 0.6 is 0 Å². The van der Waals surface area contributed by atoms with Gasteiger partial charge in [-0.2, -0.15) is 5.10 Å². The lowest BCUT2D eigenvalue weighted by Crippen LogP contribution is -2.19. The molecular weight excluding hydrogens is 268 g/mol. The van der Waals surface area contributed by atoms with E-state index in [0.717, 1.165) is 19.3 Å². The fourth-order valence-electron chi connectivity index (χ4n) is 2.16. The molecule has 0 bridgehead atoms. The summed E-state index contributed by atoms with van der Waals surface area (Å²) in [5.74, 6) is 1.26. The first-order valence-electron chi connectivity index (χ1n) is 6.94. The second-order valence-electron chi connectivity index (χ2n) is 4.86. The second kappa shape index (κ2) is 7.47. The molecule has 0 radical (unpaired) electrons. The number of methoxy groups -OCH3 is 2. The molecule has 1 amide bonds. The number of hydrazone groups is 1. The molecule has 1 aromatic rings. The maximum Gasteiger partial charge on any atom is 0.271 e. The first kappa shape index (κ1) is 15.1. The van der Waals surface area contributed by atoms with Crippen molar-refractivity contribution < 1.29 is 14.3 Å². The van der Waals surface area contributed by atoms with Crippen LogP contribution in [0.25, 0.3) is 0 Å². The number of hydrogen-bond acceptors (Lipinski definition) is 4. The van der Waals surface area contributed by atoms with Crippen molar-refractivity contribution in [1.82, 2.24) is 5.43 Å². The van der Waals surface area contributed by atoms with Gasteiger partial charge in [0, 0.05) is 17.8 Å². The fraction of sp³-hybridized carbons (Fsp3) is 0.375. The number of allylic oxidation sites excluding steroid dienone is 2. The van der Waals surface area contributed by atoms with Crippen LogP contribution in [0.2, 0.25) is 0 Å². The molecule has 5 heteroatoms. The van der Waals surface area contributed by atoms with Crippen LogP contribution < -0.4 is 14.9 Å². The van der Waals surface area contributed by atoms with Crippen LogP contribution in [0.1, 0.15) is 29.6 Å². The number of nitrogens with zero attached hydrogens (tertiary/aromatic N) is 1. The predicted octanol–water partition coefficient (Wildman–Crippen LogP) is 2.78. The van der Waals surface area contributed by atoms with Crippen molar-refractivity contribution in [2.75, 3.05) is 14.2 Å². The van der Waals surface area contributed by atoms with Crippen molar-refractivity contribution in [1.29, 1.82) is 0 Å². The third-order valence-electron chi connectivity index (χ3n) is 3.37. The number of benzene rings is 1. The smallest absolute Gasteiger partial charge is 0.271 e.